The number of hydrogen-bond donors (Lipinski definition) is 2. The van der Waals surface area contributed by atoms with E-state index >= 15 is 0 Å². The fourth-order valence-electron chi connectivity index (χ4n) is 5.62. The van der Waals surface area contributed by atoms with Crippen molar-refractivity contribution in [1.82, 2.24) is 5.32 Å². The molecule has 3 fully saturated rings. The quantitative estimate of drug-likeness (QED) is 0.173. The molecule has 0 aromatic carbocycles. The molecule has 2 saturated heterocycles. The van der Waals surface area contributed by atoms with Crippen LogP contribution in [0.1, 0.15) is 20.8 Å². The molecule has 230 valence electrons. The number of rotatable bonds is 7. The van der Waals surface area contributed by atoms with E-state index in [0.29, 0.717) is 0 Å². The third kappa shape index (κ3) is 7.68. The normalized spacial score (nSPS) is 36.8. The Morgan fingerprint density at radius 3 is 1.93 bits per heavy atom. The SMILES string of the molecule is CC1(C)OC[C@H]([C@H]2[C@@H]3O[C@]3(C)[C@@H](O[Si](C)(C)C)[C@@H](O[Si](C)(C)C)[C@@]2(NC(=O)C(Cl)(Cl)Cl)[C@@H](O)C#C[Si](C)(C)C)O1. The van der Waals surface area contributed by atoms with Crippen LogP contribution >= 0.6 is 34.8 Å². The number of hydrogen-bond acceptors (Lipinski definition) is 7. The van der Waals surface area contributed by atoms with Gasteiger partial charge in [-0.15, -0.1) is 5.54 Å². The number of carbonyl (C=O) groups excluding carboxylic acids is 1. The summed E-state index contributed by atoms with van der Waals surface area (Å²) in [7, 11) is -6.58. The Labute approximate surface area is 257 Å². The van der Waals surface area contributed by atoms with Gasteiger partial charge in [-0.2, -0.15) is 0 Å². The monoisotopic (exact) mass is 673 g/mol. The summed E-state index contributed by atoms with van der Waals surface area (Å²) in [5.74, 6) is 0.601. The minimum atomic E-state index is -2.39. The lowest BCUT2D eigenvalue weighted by Gasteiger charge is -2.56. The van der Waals surface area contributed by atoms with E-state index in [2.05, 4.69) is 56.1 Å². The van der Waals surface area contributed by atoms with E-state index in [4.69, 9.17) is 57.9 Å². The molecule has 0 bridgehead atoms. The lowest BCUT2D eigenvalue weighted by molar-refractivity contribution is -0.174. The maximum atomic E-state index is 13.6. The molecule has 1 amide bonds. The summed E-state index contributed by atoms with van der Waals surface area (Å²) < 4.78 is 30.2. The van der Waals surface area contributed by atoms with Gasteiger partial charge in [-0.25, -0.2) is 0 Å². The van der Waals surface area contributed by atoms with Gasteiger partial charge in [0.2, 0.25) is 0 Å². The van der Waals surface area contributed by atoms with Crippen LogP contribution in [0.15, 0.2) is 0 Å². The largest absolute Gasteiger partial charge is 0.409 e. The van der Waals surface area contributed by atoms with E-state index in [1.807, 2.05) is 40.4 Å². The van der Waals surface area contributed by atoms with Crippen LogP contribution < -0.4 is 5.32 Å². The molecule has 2 aliphatic heterocycles. The topological polar surface area (TPSA) is 98.8 Å². The Morgan fingerprint density at radius 1 is 0.975 bits per heavy atom. The molecule has 14 heteroatoms. The zero-order valence-electron chi connectivity index (χ0n) is 25.7. The zero-order valence-corrected chi connectivity index (χ0v) is 31.0. The van der Waals surface area contributed by atoms with Gasteiger partial charge in [-0.1, -0.05) is 60.4 Å². The minimum Gasteiger partial charge on any atom is -0.409 e. The Morgan fingerprint density at radius 2 is 1.50 bits per heavy atom. The standard InChI is InChI=1S/C26H46Cl3NO7Si3/c1-23(2)33-15-16(34-23)18-19-24(3,35-19)20(36-39(7,8)9)21(37-40(10,11)12)25(18,30-22(32)26(27,28)29)17(31)13-14-38(4,5)6/h16-21,31H,15H2,1-12H3,(H,30,32)/t16-,17+,18+,19+,20+,21-,24+,25-/m1/s1. The van der Waals surface area contributed by atoms with Crippen LogP contribution in [0.5, 0.6) is 0 Å². The molecular weight excluding hydrogens is 629 g/mol. The molecule has 8 nitrogen and oxygen atoms in total. The number of nitrogens with one attached hydrogen (secondary N) is 1. The van der Waals surface area contributed by atoms with Gasteiger partial charge in [0.1, 0.15) is 31.4 Å². The van der Waals surface area contributed by atoms with Gasteiger partial charge in [-0.3, -0.25) is 4.79 Å². The highest BCUT2D eigenvalue weighted by molar-refractivity contribution is 6.83. The maximum absolute atomic E-state index is 13.6. The van der Waals surface area contributed by atoms with E-state index in [9.17, 15) is 9.90 Å². The summed E-state index contributed by atoms with van der Waals surface area (Å²) in [4.78, 5) is 13.6. The summed E-state index contributed by atoms with van der Waals surface area (Å²) in [5, 5.41) is 15.2. The van der Waals surface area contributed by atoms with Gasteiger partial charge < -0.3 is 33.5 Å². The highest BCUT2D eigenvalue weighted by Gasteiger charge is 2.79. The summed E-state index contributed by atoms with van der Waals surface area (Å²) >= 11 is 18.4. The molecule has 0 radical (unpaired) electrons. The molecule has 8 atom stereocenters. The van der Waals surface area contributed by atoms with Crippen molar-refractivity contribution in [3.8, 4) is 11.5 Å². The van der Waals surface area contributed by atoms with E-state index in [1.165, 1.54) is 0 Å². The Hall–Kier alpha value is 0.311. The van der Waals surface area contributed by atoms with Crippen LogP contribution in [0, 0.1) is 17.4 Å². The van der Waals surface area contributed by atoms with Crippen LogP contribution in [0.25, 0.3) is 0 Å². The fraction of sp³-hybridized carbons (Fsp3) is 0.885. The first-order chi connectivity index (χ1) is 17.7. The molecule has 0 unspecified atom stereocenters. The number of epoxide rings is 1. The van der Waals surface area contributed by atoms with Crippen molar-refractivity contribution < 1.29 is 33.0 Å². The first-order valence-corrected chi connectivity index (χ1v) is 25.1. The minimum absolute atomic E-state index is 0.201. The zero-order chi connectivity index (χ0) is 30.9. The van der Waals surface area contributed by atoms with Gasteiger partial charge in [-0.05, 0) is 60.1 Å². The van der Waals surface area contributed by atoms with E-state index in [0.717, 1.165) is 0 Å². The number of carbonyl (C=O) groups is 1. The molecular formula is C26H46Cl3NO7Si3. The summed E-state index contributed by atoms with van der Waals surface area (Å²) in [5.41, 5.74) is 0.863. The molecule has 0 spiro atoms. The second kappa shape index (κ2) is 11.0. The number of aliphatic hydroxyl groups is 1. The van der Waals surface area contributed by atoms with Crippen molar-refractivity contribution in [2.45, 2.75) is 131 Å². The van der Waals surface area contributed by atoms with Crippen LogP contribution in [-0.4, -0.2) is 93.6 Å². The van der Waals surface area contributed by atoms with Gasteiger partial charge in [0.15, 0.2) is 22.4 Å². The highest BCUT2D eigenvalue weighted by Crippen LogP contribution is 2.60. The second-order valence-corrected chi connectivity index (χ2v) is 30.7. The van der Waals surface area contributed by atoms with Crippen LogP contribution in [0.2, 0.25) is 58.9 Å². The van der Waals surface area contributed by atoms with Crippen LogP contribution in [0.4, 0.5) is 0 Å². The van der Waals surface area contributed by atoms with Crippen molar-refractivity contribution in [3.05, 3.63) is 0 Å². The molecule has 3 aliphatic rings. The Kier molecular flexibility index (Phi) is 9.60. The fourth-order valence-corrected chi connectivity index (χ4v) is 8.53. The van der Waals surface area contributed by atoms with Crippen molar-refractivity contribution in [2.75, 3.05) is 6.61 Å². The lowest BCUT2D eigenvalue weighted by Crippen LogP contribution is -2.79. The lowest BCUT2D eigenvalue weighted by atomic mass is 9.61. The molecule has 1 aliphatic carbocycles. The molecule has 2 heterocycles. The first kappa shape index (κ1) is 34.8. The van der Waals surface area contributed by atoms with Crippen LogP contribution in [-0.2, 0) is 27.9 Å². The van der Waals surface area contributed by atoms with Crippen molar-refractivity contribution in [1.29, 1.82) is 0 Å². The predicted octanol–water partition coefficient (Wildman–Crippen LogP) is 4.83. The first-order valence-electron chi connectivity index (χ1n) is 13.7. The average Bonchev–Trinajstić information content (AvgIpc) is 3.27. The van der Waals surface area contributed by atoms with Gasteiger partial charge >= 0.3 is 0 Å². The van der Waals surface area contributed by atoms with E-state index in [-0.39, 0.29) is 6.61 Å². The van der Waals surface area contributed by atoms with Crippen LogP contribution in [0.3, 0.4) is 0 Å². The molecule has 40 heavy (non-hydrogen) atoms. The molecule has 0 aromatic rings. The number of alkyl halides is 3. The van der Waals surface area contributed by atoms with Gasteiger partial charge in [0.25, 0.3) is 9.70 Å². The van der Waals surface area contributed by atoms with Gasteiger partial charge in [0, 0.05) is 5.92 Å². The Bertz CT molecular complexity index is 1040. The number of halogens is 3. The van der Waals surface area contributed by atoms with E-state index in [1.54, 1.807) is 0 Å². The summed E-state index contributed by atoms with van der Waals surface area (Å²) in [6.45, 7) is 24.4. The Balaban J connectivity index is 2.37. The number of amides is 1. The average molecular weight is 675 g/mol. The summed E-state index contributed by atoms with van der Waals surface area (Å²) in [6, 6.07) is 0. The number of fused-ring (bicyclic) bond motifs is 1. The highest BCUT2D eigenvalue weighted by atomic mass is 35.6. The molecule has 1 saturated carbocycles. The second-order valence-electron chi connectivity index (χ2n) is 14.7. The number of aliphatic hydroxyl groups excluding tert-OH is 1. The molecule has 0 aromatic heterocycles. The molecule has 3 rings (SSSR count). The predicted molar refractivity (Wildman–Crippen MR) is 166 cm³/mol. The number of ether oxygens (including phenoxy) is 3. The van der Waals surface area contributed by atoms with Crippen molar-refractivity contribution in [3.63, 3.8) is 0 Å². The smallest absolute Gasteiger partial charge is 0.272 e. The van der Waals surface area contributed by atoms with Crippen molar-refractivity contribution in [2.24, 2.45) is 5.92 Å². The third-order valence-corrected chi connectivity index (χ3v) is 10.4. The van der Waals surface area contributed by atoms with Crippen molar-refractivity contribution >= 4 is 65.4 Å². The van der Waals surface area contributed by atoms with E-state index < -0.39 is 87.8 Å². The maximum Gasteiger partial charge on any atom is 0.272 e. The van der Waals surface area contributed by atoms with Gasteiger partial charge in [0.05, 0.1) is 24.9 Å². The third-order valence-electron chi connectivity index (χ3n) is 7.09. The summed E-state index contributed by atoms with van der Waals surface area (Å²) in [6.07, 6.45) is -4.08. The molecule has 2 N–H and O–H groups in total.